The van der Waals surface area contributed by atoms with Crippen molar-refractivity contribution in [2.75, 3.05) is 6.61 Å². The van der Waals surface area contributed by atoms with E-state index in [-0.39, 0.29) is 5.97 Å². The Balaban J connectivity index is 2.15. The van der Waals surface area contributed by atoms with Crippen LogP contribution in [0.1, 0.15) is 74.2 Å². The van der Waals surface area contributed by atoms with Gasteiger partial charge in [-0.15, -0.1) is 5.73 Å². The Morgan fingerprint density at radius 2 is 1.82 bits per heavy atom. The molecule has 0 radical (unpaired) electrons. The van der Waals surface area contributed by atoms with Crippen molar-refractivity contribution in [3.05, 3.63) is 47.7 Å². The lowest BCUT2D eigenvalue weighted by atomic mass is 10.1. The van der Waals surface area contributed by atoms with E-state index in [1.807, 2.05) is 12.1 Å². The van der Waals surface area contributed by atoms with Gasteiger partial charge in [0.1, 0.15) is 0 Å². The Morgan fingerprint density at radius 3 is 2.50 bits per heavy atom. The van der Waals surface area contributed by atoms with E-state index in [0.29, 0.717) is 12.2 Å². The predicted octanol–water partition coefficient (Wildman–Crippen LogP) is 5.78. The van der Waals surface area contributed by atoms with Gasteiger partial charge in [0.25, 0.3) is 0 Å². The summed E-state index contributed by atoms with van der Waals surface area (Å²) in [5.41, 5.74) is 4.21. The quantitative estimate of drug-likeness (QED) is 0.294. The van der Waals surface area contributed by atoms with Crippen LogP contribution in [0.2, 0.25) is 0 Å². The van der Waals surface area contributed by atoms with E-state index in [9.17, 15) is 4.79 Å². The molecule has 0 saturated carbocycles. The fourth-order valence-electron chi connectivity index (χ4n) is 2.36. The largest absolute Gasteiger partial charge is 0.462 e. The Morgan fingerprint density at radius 1 is 1.14 bits per heavy atom. The molecule has 0 aliphatic heterocycles. The second kappa shape index (κ2) is 11.8. The van der Waals surface area contributed by atoms with E-state index in [2.05, 4.69) is 19.2 Å². The zero-order valence-corrected chi connectivity index (χ0v) is 13.8. The fourth-order valence-corrected chi connectivity index (χ4v) is 2.36. The molecular formula is C20H28O2. The number of rotatable bonds is 11. The number of ether oxygens (including phenoxy) is 1. The molecule has 0 amide bonds. The minimum Gasteiger partial charge on any atom is -0.462 e. The van der Waals surface area contributed by atoms with E-state index in [4.69, 9.17) is 4.74 Å². The first kappa shape index (κ1) is 18.3. The highest BCUT2D eigenvalue weighted by Crippen LogP contribution is 2.10. The van der Waals surface area contributed by atoms with Crippen molar-refractivity contribution < 1.29 is 9.53 Å². The van der Waals surface area contributed by atoms with E-state index < -0.39 is 0 Å². The monoisotopic (exact) mass is 300 g/mol. The van der Waals surface area contributed by atoms with Crippen LogP contribution in [0.15, 0.2) is 36.6 Å². The predicted molar refractivity (Wildman–Crippen MR) is 92.9 cm³/mol. The van der Waals surface area contributed by atoms with Gasteiger partial charge < -0.3 is 4.74 Å². The molecule has 0 aliphatic carbocycles. The van der Waals surface area contributed by atoms with Crippen LogP contribution < -0.4 is 0 Å². The molecule has 0 saturated heterocycles. The van der Waals surface area contributed by atoms with Crippen LogP contribution in [-0.2, 0) is 4.74 Å². The van der Waals surface area contributed by atoms with Gasteiger partial charge in [0.15, 0.2) is 0 Å². The van der Waals surface area contributed by atoms with Gasteiger partial charge in [-0.2, -0.15) is 0 Å². The molecule has 1 aromatic carbocycles. The maximum Gasteiger partial charge on any atom is 0.338 e. The zero-order valence-electron chi connectivity index (χ0n) is 13.8. The average molecular weight is 300 g/mol. The van der Waals surface area contributed by atoms with Gasteiger partial charge in [-0.05, 0) is 30.2 Å². The van der Waals surface area contributed by atoms with Crippen molar-refractivity contribution in [3.63, 3.8) is 0 Å². The molecule has 1 rings (SSSR count). The molecule has 0 bridgehead atoms. The van der Waals surface area contributed by atoms with Crippen molar-refractivity contribution in [3.8, 4) is 0 Å². The van der Waals surface area contributed by atoms with Crippen molar-refractivity contribution in [2.24, 2.45) is 0 Å². The van der Waals surface area contributed by atoms with Crippen molar-refractivity contribution in [1.82, 2.24) is 0 Å². The van der Waals surface area contributed by atoms with Crippen LogP contribution in [-0.4, -0.2) is 12.6 Å². The molecule has 22 heavy (non-hydrogen) atoms. The first-order chi connectivity index (χ1) is 10.8. The van der Waals surface area contributed by atoms with Gasteiger partial charge in [-0.1, -0.05) is 70.6 Å². The lowest BCUT2D eigenvalue weighted by Crippen LogP contribution is -2.06. The second-order valence-corrected chi connectivity index (χ2v) is 5.58. The minimum absolute atomic E-state index is 0.248. The first-order valence-corrected chi connectivity index (χ1v) is 8.41. The molecule has 2 nitrogen and oxygen atoms in total. The van der Waals surface area contributed by atoms with Crippen LogP contribution in [0.5, 0.6) is 0 Å². The summed E-state index contributed by atoms with van der Waals surface area (Å²) in [7, 11) is 0. The van der Waals surface area contributed by atoms with Gasteiger partial charge in [0, 0.05) is 0 Å². The number of unbranched alkanes of at least 4 members (excludes halogenated alkanes) is 7. The molecule has 0 unspecified atom stereocenters. The highest BCUT2D eigenvalue weighted by molar-refractivity contribution is 5.90. The summed E-state index contributed by atoms with van der Waals surface area (Å²) in [6, 6.07) is 7.33. The summed E-state index contributed by atoms with van der Waals surface area (Å²) in [5, 5.41) is 0. The summed E-state index contributed by atoms with van der Waals surface area (Å²) in [5.74, 6) is -0.248. The Hall–Kier alpha value is -1.79. The Bertz CT molecular complexity index is 484. The fraction of sp³-hybridized carbons (Fsp3) is 0.500. The molecule has 2 heteroatoms. The third-order valence-corrected chi connectivity index (χ3v) is 3.62. The molecule has 120 valence electrons. The zero-order chi connectivity index (χ0) is 16.0. The van der Waals surface area contributed by atoms with E-state index in [1.54, 1.807) is 18.2 Å². The lowest BCUT2D eigenvalue weighted by Gasteiger charge is -2.05. The Kier molecular flexibility index (Phi) is 9.81. The third-order valence-electron chi connectivity index (χ3n) is 3.62. The molecule has 0 aromatic heterocycles. The SMILES string of the molecule is C=C=Cc1cccc(C(=O)OCCCCCCCCCC)c1. The number of hydrogen-bond acceptors (Lipinski definition) is 2. The van der Waals surface area contributed by atoms with Crippen LogP contribution in [0, 0.1) is 0 Å². The van der Waals surface area contributed by atoms with Gasteiger partial charge >= 0.3 is 5.97 Å². The normalized spacial score (nSPS) is 10.0. The topological polar surface area (TPSA) is 26.3 Å². The van der Waals surface area contributed by atoms with Crippen LogP contribution in [0.25, 0.3) is 6.08 Å². The molecule has 0 heterocycles. The summed E-state index contributed by atoms with van der Waals surface area (Å²) in [6.07, 6.45) is 11.7. The van der Waals surface area contributed by atoms with Gasteiger partial charge in [0.05, 0.1) is 12.2 Å². The maximum atomic E-state index is 11.9. The van der Waals surface area contributed by atoms with Crippen molar-refractivity contribution in [2.45, 2.75) is 58.3 Å². The van der Waals surface area contributed by atoms with Crippen LogP contribution in [0.3, 0.4) is 0 Å². The van der Waals surface area contributed by atoms with Crippen LogP contribution in [0.4, 0.5) is 0 Å². The lowest BCUT2D eigenvalue weighted by molar-refractivity contribution is 0.0497. The number of carbonyl (C=O) groups is 1. The molecule has 1 aromatic rings. The average Bonchev–Trinajstić information content (AvgIpc) is 2.54. The summed E-state index contributed by atoms with van der Waals surface area (Å²) >= 11 is 0. The van der Waals surface area contributed by atoms with E-state index >= 15 is 0 Å². The molecule has 0 aliphatic rings. The Labute approximate surface area is 134 Å². The molecule has 0 spiro atoms. The van der Waals surface area contributed by atoms with Crippen molar-refractivity contribution >= 4 is 12.0 Å². The summed E-state index contributed by atoms with van der Waals surface area (Å²) in [4.78, 5) is 11.9. The second-order valence-electron chi connectivity index (χ2n) is 5.58. The minimum atomic E-state index is -0.248. The molecular weight excluding hydrogens is 272 g/mol. The smallest absolute Gasteiger partial charge is 0.338 e. The number of esters is 1. The highest BCUT2D eigenvalue weighted by atomic mass is 16.5. The van der Waals surface area contributed by atoms with Crippen molar-refractivity contribution in [1.29, 1.82) is 0 Å². The standard InChI is InChI=1S/C20H28O2/c1-3-5-6-7-8-9-10-11-16-22-20(21)19-15-12-14-18(17-19)13-4-2/h12-15,17H,2-3,5-11,16H2,1H3. The van der Waals surface area contributed by atoms with E-state index in [0.717, 1.165) is 18.4 Å². The van der Waals surface area contributed by atoms with E-state index in [1.165, 1.54) is 38.5 Å². The number of carbonyl (C=O) groups excluding carboxylic acids is 1. The third kappa shape index (κ3) is 7.85. The van der Waals surface area contributed by atoms with Gasteiger partial charge in [0.2, 0.25) is 0 Å². The number of benzene rings is 1. The van der Waals surface area contributed by atoms with Gasteiger partial charge in [-0.25, -0.2) is 4.79 Å². The summed E-state index contributed by atoms with van der Waals surface area (Å²) < 4.78 is 5.32. The number of hydrogen-bond donors (Lipinski definition) is 0. The molecule has 0 fully saturated rings. The first-order valence-electron chi connectivity index (χ1n) is 8.41. The van der Waals surface area contributed by atoms with Gasteiger partial charge in [-0.3, -0.25) is 0 Å². The molecule has 0 atom stereocenters. The highest BCUT2D eigenvalue weighted by Gasteiger charge is 2.06. The maximum absolute atomic E-state index is 11.9. The molecule has 0 N–H and O–H groups in total. The van der Waals surface area contributed by atoms with Crippen LogP contribution >= 0.6 is 0 Å². The summed E-state index contributed by atoms with van der Waals surface area (Å²) in [6.45, 7) is 6.28.